The van der Waals surface area contributed by atoms with Crippen molar-refractivity contribution in [3.63, 3.8) is 0 Å². The van der Waals surface area contributed by atoms with Gasteiger partial charge in [0.2, 0.25) is 0 Å². The van der Waals surface area contributed by atoms with Gasteiger partial charge in [0, 0.05) is 12.3 Å². The minimum atomic E-state index is -4.27. The Morgan fingerprint density at radius 2 is 2.11 bits per heavy atom. The number of thioether (sulfide) groups is 1. The van der Waals surface area contributed by atoms with Gasteiger partial charge < -0.3 is 10.1 Å². The van der Waals surface area contributed by atoms with Crippen LogP contribution < -0.4 is 10.1 Å². The van der Waals surface area contributed by atoms with Crippen LogP contribution in [0.4, 0.5) is 13.2 Å². The Morgan fingerprint density at radius 1 is 1.42 bits per heavy atom. The van der Waals surface area contributed by atoms with E-state index in [0.29, 0.717) is 16.9 Å². The summed E-state index contributed by atoms with van der Waals surface area (Å²) < 4.78 is 40.8. The molecular formula is C12H14F3NO2S. The highest BCUT2D eigenvalue weighted by atomic mass is 32.2. The van der Waals surface area contributed by atoms with Gasteiger partial charge >= 0.3 is 5.51 Å². The fraction of sp³-hybridized carbons (Fsp3) is 0.417. The Morgan fingerprint density at radius 3 is 2.68 bits per heavy atom. The van der Waals surface area contributed by atoms with E-state index in [-0.39, 0.29) is 24.1 Å². The zero-order chi connectivity index (χ0) is 14.5. The Bertz CT molecular complexity index is 449. The van der Waals surface area contributed by atoms with Crippen LogP contribution in [-0.2, 0) is 0 Å². The number of aryl methyl sites for hydroxylation is 1. The number of benzene rings is 1. The smallest absolute Gasteiger partial charge is 0.441 e. The highest BCUT2D eigenvalue weighted by molar-refractivity contribution is 8.00. The van der Waals surface area contributed by atoms with E-state index in [0.717, 1.165) is 0 Å². The molecule has 7 heteroatoms. The Balaban J connectivity index is 2.59. The fourth-order valence-electron chi connectivity index (χ4n) is 1.52. The summed E-state index contributed by atoms with van der Waals surface area (Å²) in [6.45, 7) is 1.68. The molecule has 0 aromatic heterocycles. The third-order valence-corrected chi connectivity index (χ3v) is 3.07. The molecule has 3 nitrogen and oxygen atoms in total. The molecule has 0 aliphatic heterocycles. The van der Waals surface area contributed by atoms with Crippen molar-refractivity contribution >= 4 is 17.7 Å². The van der Waals surface area contributed by atoms with E-state index < -0.39 is 11.4 Å². The molecule has 0 radical (unpaired) electrons. The molecule has 0 unspecified atom stereocenters. The van der Waals surface area contributed by atoms with Crippen LogP contribution in [0, 0.1) is 6.92 Å². The summed E-state index contributed by atoms with van der Waals surface area (Å²) in [5, 5.41) is 2.45. The molecule has 0 fully saturated rings. The predicted molar refractivity (Wildman–Crippen MR) is 68.6 cm³/mol. The average Bonchev–Trinajstić information content (AvgIpc) is 2.32. The minimum Gasteiger partial charge on any atom is -0.496 e. The van der Waals surface area contributed by atoms with Gasteiger partial charge in [-0.2, -0.15) is 13.2 Å². The maximum Gasteiger partial charge on any atom is 0.441 e. The second-order valence-corrected chi connectivity index (χ2v) is 4.86. The summed E-state index contributed by atoms with van der Waals surface area (Å²) in [5.41, 5.74) is -3.22. The lowest BCUT2D eigenvalue weighted by atomic mass is 10.1. The van der Waals surface area contributed by atoms with Gasteiger partial charge in [-0.1, -0.05) is 12.1 Å². The lowest BCUT2D eigenvalue weighted by Gasteiger charge is -2.12. The number of hydrogen-bond donors (Lipinski definition) is 1. The number of methoxy groups -OCH3 is 1. The van der Waals surface area contributed by atoms with Crippen LogP contribution in [0.5, 0.6) is 5.75 Å². The number of ether oxygens (including phenoxy) is 1. The predicted octanol–water partition coefficient (Wildman–Crippen LogP) is 2.99. The first-order valence-electron chi connectivity index (χ1n) is 5.47. The van der Waals surface area contributed by atoms with E-state index in [1.54, 1.807) is 25.1 Å². The van der Waals surface area contributed by atoms with E-state index in [1.807, 2.05) is 0 Å². The van der Waals surface area contributed by atoms with Crippen LogP contribution in [0.2, 0.25) is 0 Å². The number of amides is 1. The van der Waals surface area contributed by atoms with Crippen molar-refractivity contribution in [2.75, 3.05) is 19.4 Å². The largest absolute Gasteiger partial charge is 0.496 e. The molecule has 0 saturated heterocycles. The molecule has 0 spiro atoms. The lowest BCUT2D eigenvalue weighted by molar-refractivity contribution is -0.0327. The number of carbonyl (C=O) groups is 1. The first-order chi connectivity index (χ1) is 8.85. The molecule has 0 saturated carbocycles. The van der Waals surface area contributed by atoms with Gasteiger partial charge in [-0.15, -0.1) is 0 Å². The topological polar surface area (TPSA) is 38.3 Å². The molecule has 1 aromatic rings. The van der Waals surface area contributed by atoms with Crippen LogP contribution in [-0.4, -0.2) is 30.8 Å². The van der Waals surface area contributed by atoms with Crippen molar-refractivity contribution in [1.29, 1.82) is 0 Å². The Labute approximate surface area is 113 Å². The molecule has 1 rings (SSSR count). The van der Waals surface area contributed by atoms with Crippen LogP contribution in [0.25, 0.3) is 0 Å². The van der Waals surface area contributed by atoms with E-state index in [1.165, 1.54) is 7.11 Å². The standard InChI is InChI=1S/C12H14F3NO2S/c1-8-4-3-5-9(18-2)10(8)11(17)16-6-7-19-12(13,14)15/h3-5H,6-7H2,1-2H3,(H,16,17). The molecule has 1 amide bonds. The number of hydrogen-bond acceptors (Lipinski definition) is 3. The summed E-state index contributed by atoms with van der Waals surface area (Å²) in [4.78, 5) is 11.9. The third-order valence-electron chi connectivity index (χ3n) is 2.33. The first kappa shape index (κ1) is 15.7. The maximum atomic E-state index is 11.9. The van der Waals surface area contributed by atoms with Gasteiger partial charge in [0.15, 0.2) is 0 Å². The molecule has 0 bridgehead atoms. The molecule has 0 heterocycles. The van der Waals surface area contributed by atoms with Crippen molar-refractivity contribution < 1.29 is 22.7 Å². The van der Waals surface area contributed by atoms with Gasteiger partial charge in [-0.25, -0.2) is 0 Å². The molecule has 0 aliphatic carbocycles. The summed E-state index contributed by atoms with van der Waals surface area (Å²) in [5.74, 6) is -0.248. The first-order valence-corrected chi connectivity index (χ1v) is 6.46. The molecule has 19 heavy (non-hydrogen) atoms. The highest BCUT2D eigenvalue weighted by Gasteiger charge is 2.27. The zero-order valence-corrected chi connectivity index (χ0v) is 11.3. The number of carbonyl (C=O) groups excluding carboxylic acids is 1. The summed E-state index contributed by atoms with van der Waals surface area (Å²) in [6.07, 6.45) is 0. The van der Waals surface area contributed by atoms with Crippen molar-refractivity contribution in [3.8, 4) is 5.75 Å². The number of alkyl halides is 3. The molecule has 0 atom stereocenters. The van der Waals surface area contributed by atoms with Crippen molar-refractivity contribution in [2.24, 2.45) is 0 Å². The lowest BCUT2D eigenvalue weighted by Crippen LogP contribution is -2.27. The van der Waals surface area contributed by atoms with E-state index in [2.05, 4.69) is 5.32 Å². The second kappa shape index (κ2) is 6.70. The molecular weight excluding hydrogens is 279 g/mol. The number of nitrogens with one attached hydrogen (secondary N) is 1. The van der Waals surface area contributed by atoms with Gasteiger partial charge in [0.05, 0.1) is 12.7 Å². The third kappa shape index (κ3) is 5.02. The van der Waals surface area contributed by atoms with Crippen LogP contribution in [0.3, 0.4) is 0 Å². The summed E-state index contributed by atoms with van der Waals surface area (Å²) >= 11 is -0.161. The monoisotopic (exact) mass is 293 g/mol. The minimum absolute atomic E-state index is 0.0551. The second-order valence-electron chi connectivity index (χ2n) is 3.70. The van der Waals surface area contributed by atoms with Crippen LogP contribution in [0.1, 0.15) is 15.9 Å². The van der Waals surface area contributed by atoms with E-state index in [9.17, 15) is 18.0 Å². The van der Waals surface area contributed by atoms with Crippen LogP contribution >= 0.6 is 11.8 Å². The molecule has 106 valence electrons. The average molecular weight is 293 g/mol. The van der Waals surface area contributed by atoms with Gasteiger partial charge in [-0.3, -0.25) is 4.79 Å². The van der Waals surface area contributed by atoms with Crippen LogP contribution in [0.15, 0.2) is 18.2 Å². The fourth-order valence-corrected chi connectivity index (χ4v) is 1.96. The highest BCUT2D eigenvalue weighted by Crippen LogP contribution is 2.29. The SMILES string of the molecule is COc1cccc(C)c1C(=O)NCCSC(F)(F)F. The number of rotatable bonds is 5. The maximum absolute atomic E-state index is 11.9. The molecule has 0 aliphatic rings. The van der Waals surface area contributed by atoms with Crippen molar-refractivity contribution in [1.82, 2.24) is 5.32 Å². The summed E-state index contributed by atoms with van der Waals surface area (Å²) in [6, 6.07) is 5.11. The van der Waals surface area contributed by atoms with Gasteiger partial charge in [0.25, 0.3) is 5.91 Å². The zero-order valence-electron chi connectivity index (χ0n) is 10.5. The normalized spacial score (nSPS) is 11.2. The van der Waals surface area contributed by atoms with Gasteiger partial charge in [0.1, 0.15) is 5.75 Å². The van der Waals surface area contributed by atoms with E-state index in [4.69, 9.17) is 4.74 Å². The van der Waals surface area contributed by atoms with Crippen molar-refractivity contribution in [3.05, 3.63) is 29.3 Å². The summed E-state index contributed by atoms with van der Waals surface area (Å²) in [7, 11) is 1.44. The quantitative estimate of drug-likeness (QED) is 0.848. The van der Waals surface area contributed by atoms with Crippen molar-refractivity contribution in [2.45, 2.75) is 12.4 Å². The number of halogens is 3. The van der Waals surface area contributed by atoms with E-state index >= 15 is 0 Å². The molecule has 1 aromatic carbocycles. The molecule has 1 N–H and O–H groups in total. The Hall–Kier alpha value is -1.37. The Kier molecular flexibility index (Phi) is 5.53. The van der Waals surface area contributed by atoms with Gasteiger partial charge in [-0.05, 0) is 30.3 Å².